The highest BCUT2D eigenvalue weighted by molar-refractivity contribution is 5.82. The van der Waals surface area contributed by atoms with Crippen molar-refractivity contribution in [3.8, 4) is 0 Å². The van der Waals surface area contributed by atoms with E-state index in [0.717, 1.165) is 38.6 Å². The molecule has 0 unspecified atom stereocenters. The molecule has 3 rings (SSSR count). The maximum absolute atomic E-state index is 5.86. The Morgan fingerprint density at radius 2 is 1.80 bits per heavy atom. The third-order valence-corrected chi connectivity index (χ3v) is 4.16. The van der Waals surface area contributed by atoms with Crippen molar-refractivity contribution in [2.24, 2.45) is 5.92 Å². The van der Waals surface area contributed by atoms with Crippen LogP contribution in [0.2, 0.25) is 0 Å². The van der Waals surface area contributed by atoms with Crippen LogP contribution in [0.15, 0.2) is 42.5 Å². The Kier molecular flexibility index (Phi) is 4.67. The van der Waals surface area contributed by atoms with Gasteiger partial charge in [0.25, 0.3) is 0 Å². The van der Waals surface area contributed by atoms with Crippen LogP contribution in [0, 0.1) is 5.92 Å². The van der Waals surface area contributed by atoms with E-state index in [4.69, 9.17) is 4.74 Å². The quantitative estimate of drug-likeness (QED) is 0.840. The third kappa shape index (κ3) is 3.59. The average molecular weight is 269 g/mol. The molecule has 2 heteroatoms. The lowest BCUT2D eigenvalue weighted by Gasteiger charge is -2.22. The monoisotopic (exact) mass is 269 g/mol. The topological polar surface area (TPSA) is 21.3 Å². The summed E-state index contributed by atoms with van der Waals surface area (Å²) in [5.41, 5.74) is 1.37. The van der Waals surface area contributed by atoms with E-state index in [1.807, 2.05) is 0 Å². The zero-order chi connectivity index (χ0) is 13.6. The predicted octanol–water partition coefficient (Wildman–Crippen LogP) is 3.40. The maximum Gasteiger partial charge on any atom is 0.0506 e. The Bertz CT molecular complexity index is 546. The number of hydrogen-bond acceptors (Lipinski definition) is 2. The van der Waals surface area contributed by atoms with Crippen molar-refractivity contribution in [3.05, 3.63) is 48.0 Å². The first-order chi connectivity index (χ1) is 9.92. The number of rotatable bonds is 5. The normalized spacial score (nSPS) is 16.6. The van der Waals surface area contributed by atoms with Gasteiger partial charge in [-0.3, -0.25) is 0 Å². The molecule has 0 radical (unpaired) electrons. The van der Waals surface area contributed by atoms with Gasteiger partial charge in [0.1, 0.15) is 0 Å². The molecule has 2 aromatic rings. The highest BCUT2D eigenvalue weighted by Crippen LogP contribution is 2.16. The standard InChI is InChI=1S/C18H23NO/c1-2-4-18-13-15(5-6-17(18)3-1)9-12-20-14-16-7-10-19-11-8-16/h1-6,13,16,19H,7-12,14H2. The van der Waals surface area contributed by atoms with E-state index in [1.165, 1.54) is 29.2 Å². The van der Waals surface area contributed by atoms with E-state index in [9.17, 15) is 0 Å². The minimum absolute atomic E-state index is 0.757. The summed E-state index contributed by atoms with van der Waals surface area (Å²) < 4.78 is 5.86. The highest BCUT2D eigenvalue weighted by atomic mass is 16.5. The minimum Gasteiger partial charge on any atom is -0.381 e. The summed E-state index contributed by atoms with van der Waals surface area (Å²) in [6.07, 6.45) is 3.53. The summed E-state index contributed by atoms with van der Waals surface area (Å²) in [6.45, 7) is 4.06. The molecule has 0 atom stereocenters. The third-order valence-electron chi connectivity index (χ3n) is 4.16. The molecular weight excluding hydrogens is 246 g/mol. The van der Waals surface area contributed by atoms with E-state index in [1.54, 1.807) is 0 Å². The number of piperidine rings is 1. The van der Waals surface area contributed by atoms with E-state index in [-0.39, 0.29) is 0 Å². The van der Waals surface area contributed by atoms with Crippen LogP contribution in [-0.4, -0.2) is 26.3 Å². The van der Waals surface area contributed by atoms with Gasteiger partial charge < -0.3 is 10.1 Å². The van der Waals surface area contributed by atoms with Crippen LogP contribution in [0.5, 0.6) is 0 Å². The molecule has 0 amide bonds. The maximum atomic E-state index is 5.86. The summed E-state index contributed by atoms with van der Waals surface area (Å²) in [5.74, 6) is 0.757. The van der Waals surface area contributed by atoms with Crippen LogP contribution >= 0.6 is 0 Å². The molecule has 1 aliphatic heterocycles. The highest BCUT2D eigenvalue weighted by Gasteiger charge is 2.12. The van der Waals surface area contributed by atoms with Crippen molar-refractivity contribution < 1.29 is 4.74 Å². The fraction of sp³-hybridized carbons (Fsp3) is 0.444. The molecule has 0 spiro atoms. The van der Waals surface area contributed by atoms with E-state index < -0.39 is 0 Å². The first-order valence-corrected chi connectivity index (χ1v) is 7.68. The molecule has 106 valence electrons. The summed E-state index contributed by atoms with van der Waals surface area (Å²) in [7, 11) is 0. The summed E-state index contributed by atoms with van der Waals surface area (Å²) >= 11 is 0. The lowest BCUT2D eigenvalue weighted by Crippen LogP contribution is -2.30. The molecule has 1 heterocycles. The molecule has 0 aliphatic carbocycles. The van der Waals surface area contributed by atoms with Gasteiger partial charge in [-0.1, -0.05) is 42.5 Å². The Balaban J connectivity index is 1.47. The van der Waals surface area contributed by atoms with Crippen LogP contribution in [0.1, 0.15) is 18.4 Å². The van der Waals surface area contributed by atoms with Crippen LogP contribution in [0.25, 0.3) is 10.8 Å². The summed E-state index contributed by atoms with van der Waals surface area (Å²) in [5, 5.41) is 6.03. The van der Waals surface area contributed by atoms with Crippen molar-refractivity contribution >= 4 is 10.8 Å². The Labute approximate surface area is 121 Å². The second-order valence-corrected chi connectivity index (χ2v) is 5.70. The molecule has 2 nitrogen and oxygen atoms in total. The molecule has 2 aromatic carbocycles. The molecule has 20 heavy (non-hydrogen) atoms. The van der Waals surface area contributed by atoms with E-state index in [2.05, 4.69) is 47.8 Å². The first-order valence-electron chi connectivity index (χ1n) is 7.68. The van der Waals surface area contributed by atoms with Gasteiger partial charge in [0.15, 0.2) is 0 Å². The molecule has 1 fully saturated rings. The van der Waals surface area contributed by atoms with Crippen LogP contribution < -0.4 is 5.32 Å². The average Bonchev–Trinajstić information content (AvgIpc) is 2.52. The van der Waals surface area contributed by atoms with Gasteiger partial charge in [-0.05, 0) is 54.6 Å². The van der Waals surface area contributed by atoms with Crippen molar-refractivity contribution in [1.29, 1.82) is 0 Å². The lowest BCUT2D eigenvalue weighted by atomic mass is 9.99. The zero-order valence-electron chi connectivity index (χ0n) is 12.0. The first kappa shape index (κ1) is 13.6. The molecule has 1 aliphatic rings. The van der Waals surface area contributed by atoms with E-state index >= 15 is 0 Å². The van der Waals surface area contributed by atoms with Gasteiger partial charge in [-0.2, -0.15) is 0 Å². The molecule has 0 saturated carbocycles. The second kappa shape index (κ2) is 6.87. The van der Waals surface area contributed by atoms with Crippen molar-refractivity contribution in [1.82, 2.24) is 5.32 Å². The van der Waals surface area contributed by atoms with Crippen LogP contribution in [0.3, 0.4) is 0 Å². The minimum atomic E-state index is 0.757. The Morgan fingerprint density at radius 1 is 1.00 bits per heavy atom. The van der Waals surface area contributed by atoms with Crippen molar-refractivity contribution in [2.75, 3.05) is 26.3 Å². The number of benzene rings is 2. The zero-order valence-corrected chi connectivity index (χ0v) is 12.0. The number of nitrogens with one attached hydrogen (secondary N) is 1. The lowest BCUT2D eigenvalue weighted by molar-refractivity contribution is 0.0901. The fourth-order valence-electron chi connectivity index (χ4n) is 2.88. The molecule has 0 aromatic heterocycles. The number of fused-ring (bicyclic) bond motifs is 1. The molecule has 1 saturated heterocycles. The van der Waals surface area contributed by atoms with Crippen molar-refractivity contribution in [3.63, 3.8) is 0 Å². The molecule has 1 N–H and O–H groups in total. The second-order valence-electron chi connectivity index (χ2n) is 5.70. The Hall–Kier alpha value is -1.38. The van der Waals surface area contributed by atoms with E-state index in [0.29, 0.717) is 0 Å². The number of ether oxygens (including phenoxy) is 1. The molecular formula is C18H23NO. The largest absolute Gasteiger partial charge is 0.381 e. The molecule has 0 bridgehead atoms. The summed E-state index contributed by atoms with van der Waals surface area (Å²) in [6, 6.07) is 15.2. The number of hydrogen-bond donors (Lipinski definition) is 1. The smallest absolute Gasteiger partial charge is 0.0506 e. The summed E-state index contributed by atoms with van der Waals surface area (Å²) in [4.78, 5) is 0. The van der Waals surface area contributed by atoms with Gasteiger partial charge in [0.2, 0.25) is 0 Å². The van der Waals surface area contributed by atoms with Gasteiger partial charge in [-0.25, -0.2) is 0 Å². The SMILES string of the molecule is c1ccc2cc(CCOCC3CCNCC3)ccc2c1. The van der Waals surface area contributed by atoms with Gasteiger partial charge in [0, 0.05) is 6.61 Å². The van der Waals surface area contributed by atoms with Gasteiger partial charge in [-0.15, -0.1) is 0 Å². The predicted molar refractivity (Wildman–Crippen MR) is 84.1 cm³/mol. The fourth-order valence-corrected chi connectivity index (χ4v) is 2.88. The van der Waals surface area contributed by atoms with Gasteiger partial charge in [0.05, 0.1) is 6.61 Å². The van der Waals surface area contributed by atoms with Crippen molar-refractivity contribution in [2.45, 2.75) is 19.3 Å². The van der Waals surface area contributed by atoms with Crippen LogP contribution in [-0.2, 0) is 11.2 Å². The van der Waals surface area contributed by atoms with Gasteiger partial charge >= 0.3 is 0 Å². The Morgan fingerprint density at radius 3 is 2.65 bits per heavy atom. The van der Waals surface area contributed by atoms with Crippen LogP contribution in [0.4, 0.5) is 0 Å².